The van der Waals surface area contributed by atoms with E-state index in [4.69, 9.17) is 4.74 Å². The number of nitrogens with one attached hydrogen (secondary N) is 1. The molecule has 0 saturated carbocycles. The zero-order valence-electron chi connectivity index (χ0n) is 13.6. The van der Waals surface area contributed by atoms with Crippen LogP contribution in [0.1, 0.15) is 25.7 Å². The van der Waals surface area contributed by atoms with Crippen LogP contribution in [0, 0.1) is 0 Å². The fourth-order valence-corrected chi connectivity index (χ4v) is 3.47. The number of ether oxygens (including phenoxy) is 1. The van der Waals surface area contributed by atoms with Crippen LogP contribution in [0.25, 0.3) is 0 Å². The van der Waals surface area contributed by atoms with Crippen molar-refractivity contribution < 1.29 is 13.2 Å². The van der Waals surface area contributed by atoms with Crippen LogP contribution >= 0.6 is 0 Å². The molecule has 1 aromatic rings. The smallest absolute Gasteiger partial charge is 0.258 e. The molecule has 1 saturated heterocycles. The highest BCUT2D eigenvalue weighted by atomic mass is 32.2. The van der Waals surface area contributed by atoms with Crippen LogP contribution < -0.4 is 9.62 Å². The van der Waals surface area contributed by atoms with Gasteiger partial charge in [-0.1, -0.05) is 18.2 Å². The molecule has 0 spiro atoms. The van der Waals surface area contributed by atoms with E-state index in [0.29, 0.717) is 19.0 Å². The number of sulfonamides is 1. The molecule has 7 heteroatoms. The van der Waals surface area contributed by atoms with E-state index in [1.165, 1.54) is 11.6 Å². The summed E-state index contributed by atoms with van der Waals surface area (Å²) < 4.78 is 32.2. The second kappa shape index (κ2) is 8.42. The van der Waals surface area contributed by atoms with Crippen molar-refractivity contribution in [3.63, 3.8) is 0 Å². The van der Waals surface area contributed by atoms with Gasteiger partial charge in [0.15, 0.2) is 5.03 Å². The molecule has 1 aliphatic rings. The van der Waals surface area contributed by atoms with Crippen molar-refractivity contribution in [2.24, 2.45) is 0 Å². The largest absolute Gasteiger partial charge is 0.385 e. The van der Waals surface area contributed by atoms with Crippen molar-refractivity contribution in [2.45, 2.75) is 30.7 Å². The molecule has 1 N–H and O–H groups in total. The quantitative estimate of drug-likeness (QED) is 0.579. The lowest BCUT2D eigenvalue weighted by Crippen LogP contribution is -2.32. The number of piperidine rings is 1. The van der Waals surface area contributed by atoms with Gasteiger partial charge < -0.3 is 9.64 Å². The van der Waals surface area contributed by atoms with E-state index < -0.39 is 10.0 Å². The van der Waals surface area contributed by atoms with Crippen molar-refractivity contribution in [3.05, 3.63) is 30.4 Å². The summed E-state index contributed by atoms with van der Waals surface area (Å²) in [7, 11) is -1.93. The Morgan fingerprint density at radius 3 is 2.74 bits per heavy atom. The summed E-state index contributed by atoms with van der Waals surface area (Å²) in [5, 5.41) is 0.0751. The van der Waals surface area contributed by atoms with Crippen LogP contribution in [-0.4, -0.2) is 46.8 Å². The van der Waals surface area contributed by atoms with Crippen molar-refractivity contribution >= 4 is 15.8 Å². The van der Waals surface area contributed by atoms with Crippen molar-refractivity contribution in [3.8, 4) is 0 Å². The molecule has 0 amide bonds. The number of aromatic nitrogens is 1. The number of unbranched alkanes of at least 4 members (excludes halogenated alkanes) is 1. The first-order chi connectivity index (χ1) is 11.0. The first-order valence-electron chi connectivity index (χ1n) is 7.90. The fraction of sp³-hybridized carbons (Fsp3) is 0.562. The van der Waals surface area contributed by atoms with Gasteiger partial charge in [0.25, 0.3) is 10.0 Å². The van der Waals surface area contributed by atoms with Gasteiger partial charge in [-0.15, -0.1) is 0 Å². The van der Waals surface area contributed by atoms with E-state index in [0.717, 1.165) is 38.8 Å². The van der Waals surface area contributed by atoms with Crippen molar-refractivity contribution in [1.82, 2.24) is 9.71 Å². The highest BCUT2D eigenvalue weighted by molar-refractivity contribution is 7.89. The lowest BCUT2D eigenvalue weighted by molar-refractivity contribution is 0.193. The Balaban J connectivity index is 1.99. The summed E-state index contributed by atoms with van der Waals surface area (Å²) in [6, 6.07) is 5.13. The Labute approximate surface area is 138 Å². The van der Waals surface area contributed by atoms with Crippen LogP contribution in [0.2, 0.25) is 0 Å². The standard InChI is InChI=1S/C16H25N3O3S/c1-14-8-11-19(12-9-14)15-6-5-7-16(18-15)23(20,21)17-10-3-4-13-22-2/h5-7,17H,1,3-4,8-13H2,2H3. The van der Waals surface area contributed by atoms with Gasteiger partial charge in [0, 0.05) is 33.4 Å². The third-order valence-corrected chi connectivity index (χ3v) is 5.21. The van der Waals surface area contributed by atoms with Crippen molar-refractivity contribution in [2.75, 3.05) is 38.3 Å². The highest BCUT2D eigenvalue weighted by Gasteiger charge is 2.19. The number of anilines is 1. The predicted octanol–water partition coefficient (Wildman–Crippen LogP) is 1.94. The topological polar surface area (TPSA) is 71.5 Å². The van der Waals surface area contributed by atoms with Crippen LogP contribution in [0.3, 0.4) is 0 Å². The third-order valence-electron chi connectivity index (χ3n) is 3.85. The lowest BCUT2D eigenvalue weighted by atomic mass is 10.1. The molecule has 1 aliphatic heterocycles. The number of rotatable bonds is 8. The van der Waals surface area contributed by atoms with Gasteiger partial charge in [0.2, 0.25) is 0 Å². The molecule has 0 atom stereocenters. The average Bonchev–Trinajstić information content (AvgIpc) is 2.55. The molecule has 0 radical (unpaired) electrons. The number of nitrogens with zero attached hydrogens (tertiary/aromatic N) is 2. The molecular formula is C16H25N3O3S. The number of hydrogen-bond acceptors (Lipinski definition) is 5. The summed E-state index contributed by atoms with van der Waals surface area (Å²) in [5.41, 5.74) is 1.24. The minimum atomic E-state index is -3.57. The molecule has 2 rings (SSSR count). The van der Waals surface area contributed by atoms with E-state index in [2.05, 4.69) is 21.2 Å². The van der Waals surface area contributed by atoms with Gasteiger partial charge in [-0.2, -0.15) is 0 Å². The molecular weight excluding hydrogens is 314 g/mol. The Bertz CT molecular complexity index is 621. The minimum absolute atomic E-state index is 0.0751. The van der Waals surface area contributed by atoms with Gasteiger partial charge in [0.05, 0.1) is 0 Å². The number of methoxy groups -OCH3 is 1. The molecule has 6 nitrogen and oxygen atoms in total. The molecule has 1 aromatic heterocycles. The van der Waals surface area contributed by atoms with Gasteiger partial charge in [-0.05, 0) is 37.8 Å². The molecule has 0 bridgehead atoms. The maximum absolute atomic E-state index is 12.3. The van der Waals surface area contributed by atoms with E-state index in [1.807, 2.05) is 6.07 Å². The van der Waals surface area contributed by atoms with Crippen LogP contribution in [0.4, 0.5) is 5.82 Å². The van der Waals surface area contributed by atoms with E-state index in [-0.39, 0.29) is 5.03 Å². The SMILES string of the molecule is C=C1CCN(c2cccc(S(=O)(=O)NCCCCOC)n2)CC1. The summed E-state index contributed by atoms with van der Waals surface area (Å²) in [4.78, 5) is 6.43. The van der Waals surface area contributed by atoms with E-state index >= 15 is 0 Å². The first kappa shape index (κ1) is 17.9. The molecule has 1 fully saturated rings. The minimum Gasteiger partial charge on any atom is -0.385 e. The van der Waals surface area contributed by atoms with E-state index in [1.54, 1.807) is 13.2 Å². The highest BCUT2D eigenvalue weighted by Crippen LogP contribution is 2.21. The zero-order valence-corrected chi connectivity index (χ0v) is 14.4. The Morgan fingerprint density at radius 2 is 2.04 bits per heavy atom. The fourth-order valence-electron chi connectivity index (χ4n) is 2.43. The number of hydrogen-bond donors (Lipinski definition) is 1. The summed E-state index contributed by atoms with van der Waals surface area (Å²) >= 11 is 0. The molecule has 0 unspecified atom stereocenters. The molecule has 0 aliphatic carbocycles. The monoisotopic (exact) mass is 339 g/mol. The lowest BCUT2D eigenvalue weighted by Gasteiger charge is -2.29. The predicted molar refractivity (Wildman–Crippen MR) is 91.1 cm³/mol. The zero-order chi connectivity index (χ0) is 16.7. The second-order valence-corrected chi connectivity index (χ2v) is 7.38. The summed E-state index contributed by atoms with van der Waals surface area (Å²) in [6.07, 6.45) is 3.41. The second-order valence-electron chi connectivity index (χ2n) is 5.67. The van der Waals surface area contributed by atoms with E-state index in [9.17, 15) is 8.42 Å². The van der Waals surface area contributed by atoms with Gasteiger partial charge in [-0.25, -0.2) is 18.1 Å². The van der Waals surface area contributed by atoms with Crippen molar-refractivity contribution in [1.29, 1.82) is 0 Å². The molecule has 0 aromatic carbocycles. The maximum Gasteiger partial charge on any atom is 0.258 e. The van der Waals surface area contributed by atoms with Crippen LogP contribution in [-0.2, 0) is 14.8 Å². The Hall–Kier alpha value is -1.44. The molecule has 23 heavy (non-hydrogen) atoms. The van der Waals surface area contributed by atoms with Gasteiger partial charge >= 0.3 is 0 Å². The Kier molecular flexibility index (Phi) is 6.56. The average molecular weight is 339 g/mol. The van der Waals surface area contributed by atoms with Gasteiger partial charge in [0.1, 0.15) is 5.82 Å². The summed E-state index contributed by atoms with van der Waals surface area (Å²) in [6.45, 7) is 6.68. The number of pyridine rings is 1. The Morgan fingerprint density at radius 1 is 1.30 bits per heavy atom. The van der Waals surface area contributed by atoms with Crippen LogP contribution in [0.15, 0.2) is 35.4 Å². The summed E-state index contributed by atoms with van der Waals surface area (Å²) in [5.74, 6) is 0.708. The van der Waals surface area contributed by atoms with Gasteiger partial charge in [-0.3, -0.25) is 0 Å². The van der Waals surface area contributed by atoms with Crippen LogP contribution in [0.5, 0.6) is 0 Å². The molecule has 2 heterocycles. The first-order valence-corrected chi connectivity index (χ1v) is 9.38. The maximum atomic E-state index is 12.3. The normalized spacial score (nSPS) is 15.9. The molecule has 128 valence electrons. The third kappa shape index (κ3) is 5.30.